The van der Waals surface area contributed by atoms with Crippen molar-refractivity contribution < 1.29 is 22.2 Å². The van der Waals surface area contributed by atoms with Gasteiger partial charge in [0.1, 0.15) is 22.6 Å². The molecule has 0 saturated heterocycles. The Bertz CT molecular complexity index is 849. The van der Waals surface area contributed by atoms with Crippen LogP contribution in [0, 0.1) is 17.5 Å². The molecule has 6 heteroatoms. The fourth-order valence-electron chi connectivity index (χ4n) is 3.27. The van der Waals surface area contributed by atoms with E-state index >= 15 is 0 Å². The highest BCUT2D eigenvalue weighted by molar-refractivity contribution is 7.49. The van der Waals surface area contributed by atoms with E-state index in [4.69, 9.17) is 9.05 Å². The maximum Gasteiger partial charge on any atom is 0.190 e. The highest BCUT2D eigenvalue weighted by Crippen LogP contribution is 2.64. The second-order valence-electron chi connectivity index (χ2n) is 5.83. The number of halogens is 3. The standard InChI is InChI=1S/C21H18F3O2P/c1-25-27(26-2)21(15-7-11-17(22)12-8-15,16-9-13-18(23)14-10-16)19-5-3-4-6-20(19)24/h3-14H,1-2H3. The van der Waals surface area contributed by atoms with Crippen LogP contribution in [-0.2, 0) is 14.2 Å². The summed E-state index contributed by atoms with van der Waals surface area (Å²) in [5.41, 5.74) is 1.46. The molecule has 3 aromatic rings. The average Bonchev–Trinajstić information content (AvgIpc) is 2.68. The summed E-state index contributed by atoms with van der Waals surface area (Å²) in [5.74, 6) is -1.30. The molecule has 0 aliphatic rings. The Morgan fingerprint density at radius 2 is 1.11 bits per heavy atom. The van der Waals surface area contributed by atoms with Gasteiger partial charge in [0.2, 0.25) is 0 Å². The Labute approximate surface area is 157 Å². The van der Waals surface area contributed by atoms with Crippen LogP contribution in [0.25, 0.3) is 0 Å². The molecule has 0 unspecified atom stereocenters. The van der Waals surface area contributed by atoms with Crippen molar-refractivity contribution in [1.29, 1.82) is 0 Å². The molecule has 0 amide bonds. The predicted molar refractivity (Wildman–Crippen MR) is 100 cm³/mol. The topological polar surface area (TPSA) is 18.5 Å². The van der Waals surface area contributed by atoms with Crippen molar-refractivity contribution in [2.75, 3.05) is 14.2 Å². The van der Waals surface area contributed by atoms with Gasteiger partial charge in [-0.05, 0) is 41.5 Å². The highest BCUT2D eigenvalue weighted by Gasteiger charge is 2.47. The normalized spacial score (nSPS) is 11.8. The van der Waals surface area contributed by atoms with Crippen molar-refractivity contribution in [1.82, 2.24) is 0 Å². The summed E-state index contributed by atoms with van der Waals surface area (Å²) < 4.78 is 53.5. The number of benzene rings is 3. The molecule has 0 aromatic heterocycles. The molecule has 3 aromatic carbocycles. The molecule has 0 N–H and O–H groups in total. The van der Waals surface area contributed by atoms with E-state index in [1.165, 1.54) is 44.6 Å². The third kappa shape index (κ3) is 3.51. The van der Waals surface area contributed by atoms with Crippen molar-refractivity contribution in [3.05, 3.63) is 107 Å². The summed E-state index contributed by atoms with van der Waals surface area (Å²) in [7, 11) is 1.19. The quantitative estimate of drug-likeness (QED) is 0.380. The lowest BCUT2D eigenvalue weighted by Crippen LogP contribution is -2.30. The fourth-order valence-corrected chi connectivity index (χ4v) is 5.07. The van der Waals surface area contributed by atoms with Crippen molar-refractivity contribution in [2.45, 2.75) is 5.16 Å². The SMILES string of the molecule is COP(OC)C(c1ccc(F)cc1)(c1ccc(F)cc1)c1ccccc1F. The first kappa shape index (κ1) is 19.6. The molecule has 0 saturated carbocycles. The van der Waals surface area contributed by atoms with Gasteiger partial charge in [0, 0.05) is 19.8 Å². The van der Waals surface area contributed by atoms with Crippen molar-refractivity contribution in [3.63, 3.8) is 0 Å². The molecule has 0 radical (unpaired) electrons. The minimum absolute atomic E-state index is 0.304. The van der Waals surface area contributed by atoms with E-state index in [1.807, 2.05) is 0 Å². The summed E-state index contributed by atoms with van der Waals surface area (Å²) >= 11 is 0. The smallest absolute Gasteiger partial charge is 0.190 e. The van der Waals surface area contributed by atoms with Crippen LogP contribution in [0.5, 0.6) is 0 Å². The Balaban J connectivity index is 2.42. The van der Waals surface area contributed by atoms with Crippen molar-refractivity contribution in [2.24, 2.45) is 0 Å². The van der Waals surface area contributed by atoms with Crippen LogP contribution in [0.3, 0.4) is 0 Å². The largest absolute Gasteiger partial charge is 0.336 e. The lowest BCUT2D eigenvalue weighted by molar-refractivity contribution is 0.323. The van der Waals surface area contributed by atoms with Crippen LogP contribution in [-0.4, -0.2) is 14.2 Å². The molecule has 0 bridgehead atoms. The first-order valence-corrected chi connectivity index (χ1v) is 9.37. The molecule has 2 nitrogen and oxygen atoms in total. The van der Waals surface area contributed by atoms with E-state index < -0.39 is 31.0 Å². The van der Waals surface area contributed by atoms with E-state index in [1.54, 1.807) is 42.5 Å². The molecule has 0 atom stereocenters. The monoisotopic (exact) mass is 390 g/mol. The van der Waals surface area contributed by atoms with E-state index in [9.17, 15) is 13.2 Å². The number of rotatable bonds is 6. The van der Waals surface area contributed by atoms with Gasteiger partial charge in [-0.2, -0.15) is 0 Å². The maximum atomic E-state index is 15.0. The van der Waals surface area contributed by atoms with Gasteiger partial charge in [-0.3, -0.25) is 0 Å². The van der Waals surface area contributed by atoms with Gasteiger partial charge in [0.15, 0.2) is 8.38 Å². The van der Waals surface area contributed by atoms with Crippen LogP contribution in [0.15, 0.2) is 72.8 Å². The van der Waals surface area contributed by atoms with Crippen molar-refractivity contribution in [3.8, 4) is 0 Å². The summed E-state index contributed by atoms with van der Waals surface area (Å²) in [4.78, 5) is 0. The Morgan fingerprint density at radius 1 is 0.667 bits per heavy atom. The van der Waals surface area contributed by atoms with Gasteiger partial charge in [-0.25, -0.2) is 13.2 Å². The maximum absolute atomic E-state index is 15.0. The highest BCUT2D eigenvalue weighted by atomic mass is 31.2. The van der Waals surface area contributed by atoms with E-state index in [-0.39, 0.29) is 0 Å². The van der Waals surface area contributed by atoms with E-state index in [0.717, 1.165) is 0 Å². The van der Waals surface area contributed by atoms with Gasteiger partial charge in [0.05, 0.1) is 0 Å². The first-order chi connectivity index (χ1) is 13.0. The van der Waals surface area contributed by atoms with Gasteiger partial charge >= 0.3 is 0 Å². The fraction of sp³-hybridized carbons (Fsp3) is 0.143. The van der Waals surface area contributed by atoms with Gasteiger partial charge in [0.25, 0.3) is 0 Å². The molecule has 0 heterocycles. The summed E-state index contributed by atoms with van der Waals surface area (Å²) in [6.07, 6.45) is 0. The Kier molecular flexibility index (Phi) is 5.95. The molecular formula is C21H18F3O2P. The predicted octanol–water partition coefficient (Wildman–Crippen LogP) is 6.00. The summed E-state index contributed by atoms with van der Waals surface area (Å²) in [6, 6.07) is 17.7. The lowest BCUT2D eigenvalue weighted by atomic mass is 9.83. The minimum Gasteiger partial charge on any atom is -0.336 e. The van der Waals surface area contributed by atoms with Crippen molar-refractivity contribution >= 4 is 8.38 Å². The van der Waals surface area contributed by atoms with Crippen LogP contribution < -0.4 is 0 Å². The van der Waals surface area contributed by atoms with E-state index in [2.05, 4.69) is 0 Å². The molecule has 0 aliphatic heterocycles. The second-order valence-corrected chi connectivity index (χ2v) is 7.74. The van der Waals surface area contributed by atoms with Crippen LogP contribution in [0.4, 0.5) is 13.2 Å². The number of hydrogen-bond donors (Lipinski definition) is 0. The number of hydrogen-bond acceptors (Lipinski definition) is 2. The Hall–Kier alpha value is -2.20. The van der Waals surface area contributed by atoms with Crippen LogP contribution in [0.1, 0.15) is 16.7 Å². The molecular weight excluding hydrogens is 372 g/mol. The molecule has 27 heavy (non-hydrogen) atoms. The average molecular weight is 390 g/mol. The third-order valence-corrected chi connectivity index (χ3v) is 6.36. The molecule has 0 aliphatic carbocycles. The van der Waals surface area contributed by atoms with Gasteiger partial charge in [-0.1, -0.05) is 42.5 Å². The molecule has 3 rings (SSSR count). The molecule has 140 valence electrons. The zero-order chi connectivity index (χ0) is 19.4. The summed E-state index contributed by atoms with van der Waals surface area (Å²) in [6.45, 7) is 0. The minimum atomic E-state index is -1.75. The molecule has 0 spiro atoms. The van der Waals surface area contributed by atoms with Crippen LogP contribution >= 0.6 is 8.38 Å². The lowest BCUT2D eigenvalue weighted by Gasteiger charge is -2.39. The Morgan fingerprint density at radius 3 is 1.52 bits per heavy atom. The first-order valence-electron chi connectivity index (χ1n) is 8.19. The van der Waals surface area contributed by atoms with Gasteiger partial charge < -0.3 is 9.05 Å². The van der Waals surface area contributed by atoms with Gasteiger partial charge in [-0.15, -0.1) is 0 Å². The molecule has 0 fully saturated rings. The van der Waals surface area contributed by atoms with E-state index in [0.29, 0.717) is 16.7 Å². The second kappa shape index (κ2) is 8.22. The zero-order valence-electron chi connectivity index (χ0n) is 14.8. The van der Waals surface area contributed by atoms with Crippen LogP contribution in [0.2, 0.25) is 0 Å². The summed E-state index contributed by atoms with van der Waals surface area (Å²) in [5, 5.41) is -1.22. The third-order valence-electron chi connectivity index (χ3n) is 4.39. The zero-order valence-corrected chi connectivity index (χ0v) is 15.7.